The molecule has 24 N–H and O–H groups in total. The van der Waals surface area contributed by atoms with E-state index < -0.39 is 131 Å². The van der Waals surface area contributed by atoms with E-state index in [2.05, 4.69) is 90.4 Å². The number of aliphatic hydroxyl groups excluding tert-OH is 6. The highest BCUT2D eigenvalue weighted by molar-refractivity contribution is 7.63. The molecule has 3 aliphatic rings. The van der Waals surface area contributed by atoms with E-state index in [1.807, 2.05) is 20.8 Å². The number of carbonyl (C=O) groups excluding carboxylic acids is 4. The third kappa shape index (κ3) is 27.9. The molecule has 0 saturated carbocycles. The lowest BCUT2D eigenvalue weighted by molar-refractivity contribution is -0.146. The van der Waals surface area contributed by atoms with Crippen LogP contribution in [0.1, 0.15) is 139 Å². The molecule has 0 unspecified atom stereocenters. The van der Waals surface area contributed by atoms with E-state index in [1.54, 1.807) is 37.3 Å². The molecule has 10 rings (SSSR count). The molecular weight excluding hydrogens is 1690 g/mol. The van der Waals surface area contributed by atoms with Crippen LogP contribution >= 0.6 is 35.0 Å². The predicted molar refractivity (Wildman–Crippen MR) is 440 cm³/mol. The van der Waals surface area contributed by atoms with Gasteiger partial charge in [0.25, 0.3) is 5.91 Å². The van der Waals surface area contributed by atoms with Gasteiger partial charge in [-0.3, -0.25) is 46.6 Å². The van der Waals surface area contributed by atoms with Gasteiger partial charge in [0.1, 0.15) is 84.8 Å². The van der Waals surface area contributed by atoms with Gasteiger partial charge in [-0.15, -0.1) is 12.4 Å². The Morgan fingerprint density at radius 3 is 1.20 bits per heavy atom. The van der Waals surface area contributed by atoms with Crippen LogP contribution in [0.25, 0.3) is 64.8 Å². The number of rotatable bonds is 30. The smallest absolute Gasteiger partial charge is 0.348 e. The number of hydrogen-bond donors (Lipinski definition) is 17. The summed E-state index contributed by atoms with van der Waals surface area (Å²) >= 11 is 0. The zero-order valence-corrected chi connectivity index (χ0v) is 66.5. The van der Waals surface area contributed by atoms with Crippen molar-refractivity contribution in [2.75, 3.05) is 36.6 Å². The lowest BCUT2D eigenvalue weighted by Crippen LogP contribution is -2.42. The highest BCUT2D eigenvalue weighted by Gasteiger charge is 2.57. The number of nitrogens with zero attached hydrogens (tertiary/aromatic N) is 21. The largest absolute Gasteiger partial charge is 0.465 e. The van der Waals surface area contributed by atoms with E-state index in [1.165, 1.54) is 52.9 Å². The fourth-order valence-electron chi connectivity index (χ4n) is 10.6. The van der Waals surface area contributed by atoms with Crippen LogP contribution in [-0.2, 0) is 56.5 Å². The number of hydrogen-bond acceptors (Lipinski definition) is 35. The molecular formula is C65H106ClN28O24P3. The molecule has 672 valence electrons. The SMILES string of the molecule is C.C.C.C.CCCCOC(=O)[C@H](C)N.CCCCOC(=O)[C@H](C)NP(=O)(/C=C/[C@@]1(N=[N+]=[N-])O[C@@H](n2cnc3c(N)ncnc32)[C@H](O)[C@@H]1O)N[C@@H](C)C(=O)OCCCC.Cl.N.O.[N-]=[N+]=N[C@]1(/C=C/P(=O)(O)O)O[C@@H](n2cnc3c(N)ncnc32)[C@H](O)[C@@H]1O.[N-]=[N+]=N[C@]1(/C=C/P(=O)(O)O)O[C@@H](n2cnc3c(NC(=O)c4ccccc4)ncnc32)[C@H](O)[C@@H]1O. The first-order valence-electron chi connectivity index (χ1n) is 34.3. The number of unbranched alkanes of at least 4 members (excludes halogenated alkanes) is 3. The monoisotopic (exact) mass is 1790 g/mol. The molecule has 0 spiro atoms. The number of fused-ring (bicyclic) bond motifs is 3. The summed E-state index contributed by atoms with van der Waals surface area (Å²) in [6, 6.07) is 5.63. The van der Waals surface area contributed by atoms with Crippen molar-refractivity contribution in [2.45, 2.75) is 200 Å². The molecule has 0 bridgehead atoms. The fourth-order valence-corrected chi connectivity index (χ4v) is 13.5. The van der Waals surface area contributed by atoms with Crippen LogP contribution in [-0.4, -0.2) is 230 Å². The van der Waals surface area contributed by atoms with Crippen LogP contribution in [0.4, 0.5) is 17.5 Å². The molecule has 3 saturated heterocycles. The molecule has 0 aliphatic carbocycles. The van der Waals surface area contributed by atoms with E-state index in [9.17, 15) is 69.0 Å². The average Bonchev–Trinajstić information content (AvgIpc) is 1.61. The maximum absolute atomic E-state index is 14.2. The van der Waals surface area contributed by atoms with Crippen LogP contribution in [0.15, 0.2) is 119 Å². The van der Waals surface area contributed by atoms with Gasteiger partial charge in [-0.2, -0.15) is 0 Å². The number of anilines is 3. The first-order chi connectivity index (χ1) is 53.9. The Kier molecular flexibility index (Phi) is 44.9. The number of aromatic nitrogens is 12. The summed E-state index contributed by atoms with van der Waals surface area (Å²) in [7, 11) is -13.5. The van der Waals surface area contributed by atoms with Crippen LogP contribution in [0.3, 0.4) is 0 Å². The minimum atomic E-state index is -4.71. The number of nitrogens with one attached hydrogen (secondary N) is 3. The van der Waals surface area contributed by atoms with E-state index >= 15 is 0 Å². The van der Waals surface area contributed by atoms with Gasteiger partial charge in [0.15, 0.2) is 75.8 Å². The number of ether oxygens (including phenoxy) is 6. The van der Waals surface area contributed by atoms with Gasteiger partial charge in [-0.05, 0) is 87.0 Å². The van der Waals surface area contributed by atoms with Gasteiger partial charge in [-0.1, -0.05) is 103 Å². The van der Waals surface area contributed by atoms with Crippen molar-refractivity contribution in [1.29, 1.82) is 0 Å². The minimum Gasteiger partial charge on any atom is -0.465 e. The lowest BCUT2D eigenvalue weighted by atomic mass is 10.1. The van der Waals surface area contributed by atoms with Gasteiger partial charge < -0.3 is 113 Å². The zero-order chi connectivity index (χ0) is 84.1. The average molecular weight is 1790 g/mol. The van der Waals surface area contributed by atoms with Gasteiger partial charge in [-0.25, -0.2) is 55.0 Å². The van der Waals surface area contributed by atoms with Gasteiger partial charge in [0, 0.05) is 37.7 Å². The summed E-state index contributed by atoms with van der Waals surface area (Å²) < 4.78 is 72.4. The lowest BCUT2D eigenvalue weighted by Gasteiger charge is -2.27. The van der Waals surface area contributed by atoms with E-state index in [0.717, 1.165) is 50.2 Å². The van der Waals surface area contributed by atoms with Crippen LogP contribution in [0.2, 0.25) is 0 Å². The van der Waals surface area contributed by atoms with Crippen molar-refractivity contribution >= 4 is 110 Å². The minimum absolute atomic E-state index is 0. The van der Waals surface area contributed by atoms with Gasteiger partial charge in [0.2, 0.25) is 7.44 Å². The van der Waals surface area contributed by atoms with E-state index in [4.69, 9.17) is 76.3 Å². The second-order valence-corrected chi connectivity index (χ2v) is 30.1. The summed E-state index contributed by atoms with van der Waals surface area (Å²) in [6.45, 7) is 11.2. The third-order valence-electron chi connectivity index (χ3n) is 16.5. The van der Waals surface area contributed by atoms with Crippen molar-refractivity contribution in [3.63, 3.8) is 0 Å². The Morgan fingerprint density at radius 2 is 0.868 bits per heavy atom. The van der Waals surface area contributed by atoms with Crippen LogP contribution < -0.4 is 38.8 Å². The number of halogens is 1. The molecule has 0 radical (unpaired) electrons. The quantitative estimate of drug-likeness (QED) is 0.00511. The first kappa shape index (κ1) is 111. The first-order valence-corrected chi connectivity index (χ1v) is 39.4. The molecule has 7 aromatic rings. The number of aliphatic hydroxyl groups is 6. The van der Waals surface area contributed by atoms with Crippen LogP contribution in [0, 0.1) is 0 Å². The Balaban J connectivity index is 0.00000168. The molecule has 6 aromatic heterocycles. The maximum Gasteiger partial charge on any atom is 0.348 e. The Labute approximate surface area is 697 Å². The van der Waals surface area contributed by atoms with Crippen molar-refractivity contribution in [2.24, 2.45) is 21.1 Å². The second-order valence-electron chi connectivity index (χ2n) is 25.0. The van der Waals surface area contributed by atoms with Gasteiger partial charge >= 0.3 is 33.1 Å². The number of nitrogen functional groups attached to an aromatic ring is 2. The van der Waals surface area contributed by atoms with Crippen molar-refractivity contribution in [3.05, 3.63) is 141 Å². The predicted octanol–water partition coefficient (Wildman–Crippen LogP) is 5.38. The molecule has 121 heavy (non-hydrogen) atoms. The summed E-state index contributed by atoms with van der Waals surface area (Å²) in [6.07, 6.45) is -0.545. The number of benzene rings is 1. The number of azide groups is 3. The molecule has 52 nitrogen and oxygen atoms in total. The van der Waals surface area contributed by atoms with E-state index in [-0.39, 0.29) is 124 Å². The van der Waals surface area contributed by atoms with Gasteiger partial charge in [0.05, 0.1) is 38.8 Å². The fraction of sp³-hybridized carbons (Fsp3) is 0.523. The maximum atomic E-state index is 14.2. The number of imidazole rings is 3. The molecule has 3 fully saturated rings. The molecule has 3 aliphatic heterocycles. The van der Waals surface area contributed by atoms with Crippen molar-refractivity contribution in [3.8, 4) is 0 Å². The highest BCUT2D eigenvalue weighted by Crippen LogP contribution is 2.48. The van der Waals surface area contributed by atoms with E-state index in [0.29, 0.717) is 48.8 Å². The molecule has 1 aromatic carbocycles. The summed E-state index contributed by atoms with van der Waals surface area (Å²) in [5, 5.41) is 81.8. The third-order valence-corrected chi connectivity index (χ3v) is 19.7. The molecule has 1 amide bonds. The Bertz CT molecular complexity index is 4900. The topological polar surface area (TPSA) is 835 Å². The second kappa shape index (κ2) is 49.0. The number of esters is 3. The zero-order valence-electron chi connectivity index (χ0n) is 63.0. The number of nitrogens with two attached hydrogens (primary N) is 3. The molecule has 56 heteroatoms. The van der Waals surface area contributed by atoms with Crippen molar-refractivity contribution in [1.82, 2.24) is 74.9 Å². The molecule has 15 atom stereocenters. The van der Waals surface area contributed by atoms with Crippen molar-refractivity contribution < 1.29 is 117 Å². The Hall–Kier alpha value is -10.2. The number of amides is 1. The summed E-state index contributed by atoms with van der Waals surface area (Å²) in [5.41, 5.74) is 38.3. The van der Waals surface area contributed by atoms with Crippen LogP contribution in [0.5, 0.6) is 0 Å². The summed E-state index contributed by atoms with van der Waals surface area (Å²) in [5.74, 6) is -0.171. The summed E-state index contributed by atoms with van der Waals surface area (Å²) in [4.78, 5) is 128. The number of carbonyl (C=O) groups is 4. The molecule has 9 heterocycles. The normalized spacial score (nSPS) is 22.8. The standard InChI is InChI=1S/C25H39N10O8P.C18H17N8O7P.C11H13N8O6P.C7H15NO2.4CH4.ClH.H3N.H2O/c1-5-7-10-41-23(38)15(3)31-44(40,32-16(4)24(39)42-11-8-6-2)12-9-25(33-34-27)19(37)18(36)22(43-25)35-14-30-17-20(26)28-13-29-21(17)35;19-25-24-18(6-7-34(30,31)32)13(28)12(27)17(33-18)26-9-22-11-14(20-8-21-15(11)26)23-16(29)10-4-2-1-3-5-10;12-8-5-9(15-3-14-8)19(4-16-5)10-6(20)7(21)11(25-10,17-18-13)1-2-26(22,23)24;1-3-4-5-10-7(9)6(2)8;;;;;;;/h9,12-16,18-19,22,36-37H,5-8,10-11H2,1-4H3,(H2,26,28,29)(H2,31,32,40);1-9,12-13,17,27-28H,(H2,30,31,32)(H,20,21,23,29);1-4,6-7,10,20-21H,(H2,12,14,15)(H2,22,23,24);6H,3-5,8H2,1-2H3;4*1H4;1H;1H3;1H2/b12-9+;7-6+;2-1+;;;;;;;;/t15-,16-,18+,19-,22+,25+;12-,13+,17-,18-;6-,7+,10-,11-;6-;;;;;;;/m0110......./s1. The Morgan fingerprint density at radius 1 is 0.545 bits per heavy atom. The highest BCUT2D eigenvalue weighted by atomic mass is 35.5.